The number of anilines is 1. The van der Waals surface area contributed by atoms with Gasteiger partial charge in [-0.2, -0.15) is 16.1 Å². The molecule has 0 unspecified atom stereocenters. The zero-order chi connectivity index (χ0) is 15.5. The smallest absolute Gasteiger partial charge is 0.214 e. The Hall–Kier alpha value is -0.370. The maximum atomic E-state index is 12.4. The van der Waals surface area contributed by atoms with Crippen LogP contribution in [-0.2, 0) is 10.0 Å². The Morgan fingerprint density at radius 1 is 1.38 bits per heavy atom. The van der Waals surface area contributed by atoms with Gasteiger partial charge in [-0.3, -0.25) is 0 Å². The summed E-state index contributed by atoms with van der Waals surface area (Å²) in [6.07, 6.45) is 0. The third-order valence-corrected chi connectivity index (χ3v) is 7.77. The van der Waals surface area contributed by atoms with E-state index in [0.29, 0.717) is 24.5 Å². The van der Waals surface area contributed by atoms with Crippen molar-refractivity contribution in [3.8, 4) is 0 Å². The zero-order valence-corrected chi connectivity index (χ0v) is 14.9. The molecule has 2 rings (SSSR count). The number of benzene rings is 1. The molecule has 1 aliphatic heterocycles. The first kappa shape index (κ1) is 17.0. The van der Waals surface area contributed by atoms with E-state index in [9.17, 15) is 8.42 Å². The van der Waals surface area contributed by atoms with Gasteiger partial charge in [0.25, 0.3) is 0 Å². The van der Waals surface area contributed by atoms with Gasteiger partial charge in [-0.1, -0.05) is 12.1 Å². The Kier molecular flexibility index (Phi) is 5.51. The highest BCUT2D eigenvalue weighted by atomic mass is 32.2. The molecule has 0 aliphatic carbocycles. The number of nitrogens with zero attached hydrogens (tertiary/aromatic N) is 1. The SMILES string of the molecule is CC1(C)CN(S(=O)(=O)CCSc2ccccc2N)CCS1. The lowest BCUT2D eigenvalue weighted by Gasteiger charge is -2.36. The largest absolute Gasteiger partial charge is 0.398 e. The Morgan fingerprint density at radius 2 is 2.10 bits per heavy atom. The van der Waals surface area contributed by atoms with Gasteiger partial charge in [-0.15, -0.1) is 11.8 Å². The van der Waals surface area contributed by atoms with Gasteiger partial charge in [0, 0.05) is 39.9 Å². The molecule has 0 bridgehead atoms. The van der Waals surface area contributed by atoms with Crippen molar-refractivity contribution in [1.29, 1.82) is 0 Å². The third kappa shape index (κ3) is 4.81. The van der Waals surface area contributed by atoms with Crippen molar-refractivity contribution in [2.45, 2.75) is 23.5 Å². The van der Waals surface area contributed by atoms with Gasteiger partial charge in [0.2, 0.25) is 10.0 Å². The zero-order valence-electron chi connectivity index (χ0n) is 12.4. The molecule has 0 radical (unpaired) electrons. The summed E-state index contributed by atoms with van der Waals surface area (Å²) in [5, 5.41) is 0. The van der Waals surface area contributed by atoms with Crippen LogP contribution in [0.25, 0.3) is 0 Å². The predicted octanol–water partition coefficient (Wildman–Crippen LogP) is 2.52. The van der Waals surface area contributed by atoms with Crippen LogP contribution in [0.3, 0.4) is 0 Å². The normalized spacial score (nSPS) is 19.5. The van der Waals surface area contributed by atoms with Crippen LogP contribution in [-0.4, -0.2) is 47.8 Å². The van der Waals surface area contributed by atoms with Crippen molar-refractivity contribution in [2.75, 3.05) is 36.1 Å². The number of nitrogen functional groups attached to an aromatic ring is 1. The molecule has 1 fully saturated rings. The molecule has 0 saturated carbocycles. The van der Waals surface area contributed by atoms with Crippen molar-refractivity contribution >= 4 is 39.2 Å². The van der Waals surface area contributed by atoms with Crippen molar-refractivity contribution in [3.05, 3.63) is 24.3 Å². The summed E-state index contributed by atoms with van der Waals surface area (Å²) in [5.74, 6) is 1.55. The van der Waals surface area contributed by atoms with E-state index in [4.69, 9.17) is 5.73 Å². The second-order valence-corrected chi connectivity index (χ2v) is 10.7. The molecule has 7 heteroatoms. The van der Waals surface area contributed by atoms with E-state index in [-0.39, 0.29) is 10.5 Å². The third-order valence-electron chi connectivity index (χ3n) is 3.30. The fourth-order valence-corrected chi connectivity index (χ4v) is 6.47. The van der Waals surface area contributed by atoms with Crippen LogP contribution in [0.1, 0.15) is 13.8 Å². The topological polar surface area (TPSA) is 63.4 Å². The Labute approximate surface area is 135 Å². The highest BCUT2D eigenvalue weighted by Gasteiger charge is 2.33. The highest BCUT2D eigenvalue weighted by molar-refractivity contribution is 8.01. The van der Waals surface area contributed by atoms with E-state index in [2.05, 4.69) is 13.8 Å². The summed E-state index contributed by atoms with van der Waals surface area (Å²) in [7, 11) is -3.18. The molecule has 2 N–H and O–H groups in total. The van der Waals surface area contributed by atoms with E-state index in [1.54, 1.807) is 4.31 Å². The molecule has 4 nitrogen and oxygen atoms in total. The molecule has 1 aromatic rings. The second-order valence-electron chi connectivity index (χ2n) is 5.64. The highest BCUT2D eigenvalue weighted by Crippen LogP contribution is 2.31. The number of sulfonamides is 1. The summed E-state index contributed by atoms with van der Waals surface area (Å²) in [5.41, 5.74) is 6.57. The molecule has 0 amide bonds. The summed E-state index contributed by atoms with van der Waals surface area (Å²) < 4.78 is 26.5. The molecule has 1 aliphatic rings. The van der Waals surface area contributed by atoms with E-state index >= 15 is 0 Å². The van der Waals surface area contributed by atoms with Crippen molar-refractivity contribution < 1.29 is 8.42 Å². The van der Waals surface area contributed by atoms with E-state index in [1.807, 2.05) is 36.0 Å². The average Bonchev–Trinajstić information content (AvgIpc) is 2.40. The van der Waals surface area contributed by atoms with E-state index < -0.39 is 10.0 Å². The van der Waals surface area contributed by atoms with Crippen LogP contribution >= 0.6 is 23.5 Å². The van der Waals surface area contributed by atoms with Crippen LogP contribution in [0.15, 0.2) is 29.2 Å². The van der Waals surface area contributed by atoms with Gasteiger partial charge < -0.3 is 5.73 Å². The predicted molar refractivity (Wildman–Crippen MR) is 93.5 cm³/mol. The van der Waals surface area contributed by atoms with Crippen molar-refractivity contribution in [1.82, 2.24) is 4.31 Å². The Morgan fingerprint density at radius 3 is 2.76 bits per heavy atom. The van der Waals surface area contributed by atoms with Gasteiger partial charge in [-0.05, 0) is 26.0 Å². The van der Waals surface area contributed by atoms with Crippen LogP contribution < -0.4 is 5.73 Å². The number of nitrogens with two attached hydrogens (primary N) is 1. The maximum absolute atomic E-state index is 12.4. The van der Waals surface area contributed by atoms with Crippen LogP contribution in [0, 0.1) is 0 Å². The lowest BCUT2D eigenvalue weighted by Crippen LogP contribution is -2.47. The van der Waals surface area contributed by atoms with Crippen LogP contribution in [0.4, 0.5) is 5.69 Å². The number of hydrogen-bond donors (Lipinski definition) is 1. The quantitative estimate of drug-likeness (QED) is 0.656. The minimum atomic E-state index is -3.18. The summed E-state index contributed by atoms with van der Waals surface area (Å²) >= 11 is 3.34. The molecule has 1 saturated heterocycles. The molecule has 118 valence electrons. The van der Waals surface area contributed by atoms with Gasteiger partial charge in [0.05, 0.1) is 5.75 Å². The lowest BCUT2D eigenvalue weighted by atomic mass is 10.2. The molecule has 0 aromatic heterocycles. The molecule has 0 spiro atoms. The minimum absolute atomic E-state index is 0.00230. The number of thioether (sulfide) groups is 2. The van der Waals surface area contributed by atoms with Gasteiger partial charge in [-0.25, -0.2) is 8.42 Å². The number of hydrogen-bond acceptors (Lipinski definition) is 5. The summed E-state index contributed by atoms with van der Waals surface area (Å²) in [6.45, 7) is 5.41. The van der Waals surface area contributed by atoms with Gasteiger partial charge in [0.15, 0.2) is 0 Å². The first-order chi connectivity index (χ1) is 9.80. The summed E-state index contributed by atoms with van der Waals surface area (Å²) in [6, 6.07) is 7.55. The average molecular weight is 347 g/mol. The van der Waals surface area contributed by atoms with Gasteiger partial charge in [0.1, 0.15) is 0 Å². The monoisotopic (exact) mass is 346 g/mol. The fourth-order valence-electron chi connectivity index (χ4n) is 2.21. The van der Waals surface area contributed by atoms with Crippen molar-refractivity contribution in [3.63, 3.8) is 0 Å². The standard InChI is InChI=1S/C14H22N2O2S3/c1-14(2)11-16(7-8-20-14)21(17,18)10-9-19-13-6-4-3-5-12(13)15/h3-6H,7-11,15H2,1-2H3. The van der Waals surface area contributed by atoms with E-state index in [1.165, 1.54) is 11.8 Å². The molecule has 21 heavy (non-hydrogen) atoms. The first-order valence-corrected chi connectivity index (χ1v) is 10.5. The van der Waals surface area contributed by atoms with Crippen molar-refractivity contribution in [2.24, 2.45) is 0 Å². The van der Waals surface area contributed by atoms with E-state index in [0.717, 1.165) is 10.6 Å². The molecule has 0 atom stereocenters. The molecular weight excluding hydrogens is 324 g/mol. The maximum Gasteiger partial charge on any atom is 0.214 e. The molecular formula is C14H22N2O2S3. The first-order valence-electron chi connectivity index (χ1n) is 6.89. The Balaban J connectivity index is 1.91. The minimum Gasteiger partial charge on any atom is -0.398 e. The molecule has 1 aromatic carbocycles. The van der Waals surface area contributed by atoms with Crippen LogP contribution in [0.2, 0.25) is 0 Å². The second kappa shape index (κ2) is 6.81. The van der Waals surface area contributed by atoms with Gasteiger partial charge >= 0.3 is 0 Å². The fraction of sp³-hybridized carbons (Fsp3) is 0.571. The number of para-hydroxylation sites is 1. The molecule has 1 heterocycles. The Bertz CT molecular complexity index is 588. The van der Waals surface area contributed by atoms with Crippen LogP contribution in [0.5, 0.6) is 0 Å². The number of rotatable bonds is 5. The lowest BCUT2D eigenvalue weighted by molar-refractivity contribution is 0.388. The summed E-state index contributed by atoms with van der Waals surface area (Å²) in [4.78, 5) is 0.947.